The van der Waals surface area contributed by atoms with E-state index in [0.717, 1.165) is 52.2 Å². The van der Waals surface area contributed by atoms with Gasteiger partial charge in [-0.05, 0) is 61.2 Å². The van der Waals surface area contributed by atoms with Gasteiger partial charge in [-0.25, -0.2) is 16.8 Å². The highest BCUT2D eigenvalue weighted by Gasteiger charge is 2.72. The molecule has 2 aromatic carbocycles. The molecule has 0 atom stereocenters. The molecular formula is C28H25F10N3O5S2. The van der Waals surface area contributed by atoms with E-state index < -0.39 is 78.1 Å². The monoisotopic (exact) mass is 737 g/mol. The number of amidine groups is 1. The second-order valence-electron chi connectivity index (χ2n) is 11.1. The quantitative estimate of drug-likeness (QED) is 0.331. The van der Waals surface area contributed by atoms with Crippen LogP contribution in [0.4, 0.5) is 43.9 Å². The standard InChI is InChI=1S/C28H25F10N3O5S2/c1-17-15-21(47(43,44)14-10-25(29,30)27(34,35)28(36,37)38)6-5-18(17)7-13-48(45,46)41-11-8-24(9-12-41)23(42)39-22(40-24)19-3-2-4-20(16-19)26(31,32)33/h2-7,13,15-16H,8-12,14H2,1H3,(H,39,40,42)/b13-7+. The summed E-state index contributed by atoms with van der Waals surface area (Å²) in [4.78, 5) is 16.5. The van der Waals surface area contributed by atoms with Crippen LogP contribution in [0.2, 0.25) is 0 Å². The number of hydrogen-bond donors (Lipinski definition) is 1. The number of nitrogens with zero attached hydrogens (tertiary/aromatic N) is 2. The number of sulfone groups is 1. The van der Waals surface area contributed by atoms with Gasteiger partial charge in [-0.2, -0.15) is 48.2 Å². The van der Waals surface area contributed by atoms with E-state index >= 15 is 0 Å². The summed E-state index contributed by atoms with van der Waals surface area (Å²) in [7, 11) is -8.93. The normalized spacial score (nSPS) is 18.4. The molecule has 0 aliphatic carbocycles. The summed E-state index contributed by atoms with van der Waals surface area (Å²) >= 11 is 0. The third-order valence-electron chi connectivity index (χ3n) is 7.87. The van der Waals surface area contributed by atoms with E-state index in [0.29, 0.717) is 0 Å². The molecule has 8 nitrogen and oxygen atoms in total. The Balaban J connectivity index is 1.43. The van der Waals surface area contributed by atoms with Gasteiger partial charge in [0.15, 0.2) is 9.84 Å². The van der Waals surface area contributed by atoms with Crippen molar-refractivity contribution in [2.45, 2.75) is 60.8 Å². The first-order valence-corrected chi connectivity index (χ1v) is 16.9. The van der Waals surface area contributed by atoms with Crippen molar-refractivity contribution in [2.75, 3.05) is 18.8 Å². The van der Waals surface area contributed by atoms with Crippen LogP contribution in [-0.2, 0) is 30.8 Å². The van der Waals surface area contributed by atoms with Crippen molar-refractivity contribution in [2.24, 2.45) is 4.99 Å². The summed E-state index contributed by atoms with van der Waals surface area (Å²) in [5, 5.41) is 3.23. The van der Waals surface area contributed by atoms with Crippen molar-refractivity contribution in [3.8, 4) is 0 Å². The molecule has 2 aliphatic rings. The minimum absolute atomic E-state index is 0.0168. The van der Waals surface area contributed by atoms with Gasteiger partial charge in [-0.1, -0.05) is 18.2 Å². The van der Waals surface area contributed by atoms with Crippen molar-refractivity contribution in [3.05, 3.63) is 70.1 Å². The van der Waals surface area contributed by atoms with E-state index in [4.69, 9.17) is 0 Å². The smallest absolute Gasteiger partial charge is 0.308 e. The van der Waals surface area contributed by atoms with Gasteiger partial charge in [0.05, 0.1) is 16.2 Å². The fourth-order valence-electron chi connectivity index (χ4n) is 4.96. The molecule has 1 fully saturated rings. The number of rotatable bonds is 9. The van der Waals surface area contributed by atoms with E-state index in [1.807, 2.05) is 0 Å². The third-order valence-corrected chi connectivity index (χ3v) is 11.2. The first-order valence-electron chi connectivity index (χ1n) is 13.7. The molecule has 1 N–H and O–H groups in total. The van der Waals surface area contributed by atoms with Crippen LogP contribution in [0.1, 0.15) is 41.5 Å². The van der Waals surface area contributed by atoms with Gasteiger partial charge >= 0.3 is 24.2 Å². The van der Waals surface area contributed by atoms with Crippen LogP contribution < -0.4 is 5.32 Å². The number of sulfonamides is 1. The molecular weight excluding hydrogens is 712 g/mol. The molecule has 2 aromatic rings. The van der Waals surface area contributed by atoms with Crippen molar-refractivity contribution in [1.29, 1.82) is 0 Å². The van der Waals surface area contributed by atoms with Crippen molar-refractivity contribution < 1.29 is 65.5 Å². The van der Waals surface area contributed by atoms with E-state index in [-0.39, 0.29) is 48.5 Å². The molecule has 4 rings (SSSR count). The van der Waals surface area contributed by atoms with Crippen LogP contribution in [0.25, 0.3) is 6.08 Å². The predicted octanol–water partition coefficient (Wildman–Crippen LogP) is 5.72. The number of hydrogen-bond acceptors (Lipinski definition) is 6. The Hall–Kier alpha value is -3.52. The number of aryl methyl sites for hydroxylation is 1. The molecule has 20 heteroatoms. The lowest BCUT2D eigenvalue weighted by Gasteiger charge is -2.34. The van der Waals surface area contributed by atoms with Crippen molar-refractivity contribution in [1.82, 2.24) is 9.62 Å². The molecule has 2 heterocycles. The second-order valence-corrected chi connectivity index (χ2v) is 15.1. The maximum Gasteiger partial charge on any atom is 0.459 e. The van der Waals surface area contributed by atoms with E-state index in [1.165, 1.54) is 13.0 Å². The molecule has 1 amide bonds. The summed E-state index contributed by atoms with van der Waals surface area (Å²) in [5.74, 6) is -14.6. The summed E-state index contributed by atoms with van der Waals surface area (Å²) in [6, 6.07) is 7.00. The maximum absolute atomic E-state index is 13.6. The number of alkyl halides is 10. The summed E-state index contributed by atoms with van der Waals surface area (Å²) in [6.07, 6.45) is -12.7. The molecule has 0 unspecified atom stereocenters. The molecule has 0 saturated carbocycles. The van der Waals surface area contributed by atoms with E-state index in [2.05, 4.69) is 10.3 Å². The lowest BCUT2D eigenvalue weighted by Crippen LogP contribution is -2.52. The highest BCUT2D eigenvalue weighted by molar-refractivity contribution is 7.92. The predicted molar refractivity (Wildman–Crippen MR) is 151 cm³/mol. The first kappa shape index (κ1) is 37.3. The number of amides is 1. The molecule has 2 aliphatic heterocycles. The summed E-state index contributed by atoms with van der Waals surface area (Å²) in [6.45, 7) is 0.905. The number of aliphatic imine (C=N–C) groups is 1. The number of halogens is 10. The van der Waals surface area contributed by atoms with Gasteiger partial charge in [-0.15, -0.1) is 0 Å². The zero-order valence-electron chi connectivity index (χ0n) is 24.5. The van der Waals surface area contributed by atoms with Crippen LogP contribution in [-0.4, -0.2) is 75.3 Å². The Morgan fingerprint density at radius 1 is 0.917 bits per heavy atom. The van der Waals surface area contributed by atoms with Gasteiger partial charge in [0.2, 0.25) is 10.0 Å². The number of carbonyl (C=O) groups excluding carboxylic acids is 1. The molecule has 48 heavy (non-hydrogen) atoms. The van der Waals surface area contributed by atoms with Crippen LogP contribution in [0.5, 0.6) is 0 Å². The average Bonchev–Trinajstić information content (AvgIpc) is 3.29. The van der Waals surface area contributed by atoms with E-state index in [9.17, 15) is 65.5 Å². The van der Waals surface area contributed by atoms with Gasteiger partial charge in [0, 0.05) is 30.5 Å². The SMILES string of the molecule is Cc1cc(S(=O)(=O)CCC(F)(F)C(F)(F)C(F)(F)F)ccc1/C=C/S(=O)(=O)N1CCC2(CC1)N=C(c1cccc(C(F)(F)F)c1)NC2=O. The van der Waals surface area contributed by atoms with Crippen LogP contribution in [0, 0.1) is 6.92 Å². The number of nitrogens with one attached hydrogen (secondary N) is 1. The fraction of sp³-hybridized carbons (Fsp3) is 0.429. The van der Waals surface area contributed by atoms with Crippen LogP contribution in [0.3, 0.4) is 0 Å². The minimum Gasteiger partial charge on any atom is -0.308 e. The molecule has 1 saturated heterocycles. The van der Waals surface area contributed by atoms with Crippen LogP contribution in [0.15, 0.2) is 57.8 Å². The summed E-state index contributed by atoms with van der Waals surface area (Å²) in [5.41, 5.74) is -2.13. The van der Waals surface area contributed by atoms with Gasteiger partial charge in [0.1, 0.15) is 11.4 Å². The average molecular weight is 738 g/mol. The fourth-order valence-corrected chi connectivity index (χ4v) is 7.54. The Kier molecular flexibility index (Phi) is 9.65. The van der Waals surface area contributed by atoms with Crippen molar-refractivity contribution >= 4 is 37.7 Å². The maximum atomic E-state index is 13.6. The Labute approximate surface area is 267 Å². The largest absolute Gasteiger partial charge is 0.459 e. The number of piperidine rings is 1. The third kappa shape index (κ3) is 7.39. The Morgan fingerprint density at radius 3 is 2.10 bits per heavy atom. The zero-order chi connectivity index (χ0) is 36.1. The minimum atomic E-state index is -6.61. The molecule has 0 radical (unpaired) electrons. The second kappa shape index (κ2) is 12.4. The van der Waals surface area contributed by atoms with Gasteiger partial charge in [0.25, 0.3) is 5.91 Å². The highest BCUT2D eigenvalue weighted by Crippen LogP contribution is 2.48. The summed E-state index contributed by atoms with van der Waals surface area (Å²) < 4.78 is 182. The lowest BCUT2D eigenvalue weighted by atomic mass is 9.89. The van der Waals surface area contributed by atoms with Gasteiger partial charge in [-0.3, -0.25) is 9.79 Å². The Bertz CT molecular complexity index is 1860. The molecule has 1 spiro atoms. The molecule has 0 aromatic heterocycles. The molecule has 0 bridgehead atoms. The highest BCUT2D eigenvalue weighted by atomic mass is 32.2. The first-order chi connectivity index (χ1) is 21.8. The Morgan fingerprint density at radius 2 is 1.54 bits per heavy atom. The van der Waals surface area contributed by atoms with E-state index in [1.54, 1.807) is 0 Å². The zero-order valence-corrected chi connectivity index (χ0v) is 26.1. The molecule has 264 valence electrons. The lowest BCUT2D eigenvalue weighted by molar-refractivity contribution is -0.354. The van der Waals surface area contributed by atoms with Gasteiger partial charge < -0.3 is 5.32 Å². The van der Waals surface area contributed by atoms with Crippen molar-refractivity contribution in [3.63, 3.8) is 0 Å². The number of benzene rings is 2. The topological polar surface area (TPSA) is 113 Å². The van der Waals surface area contributed by atoms with Crippen LogP contribution >= 0.6 is 0 Å². The number of carbonyl (C=O) groups is 1.